The van der Waals surface area contributed by atoms with Gasteiger partial charge in [-0.3, -0.25) is 4.79 Å². The maximum absolute atomic E-state index is 14.4. The van der Waals surface area contributed by atoms with Gasteiger partial charge < -0.3 is 21.1 Å². The minimum absolute atomic E-state index is 0. The van der Waals surface area contributed by atoms with Crippen LogP contribution in [0.1, 0.15) is 21.7 Å². The molecule has 0 saturated carbocycles. The Hall–Kier alpha value is -1.97. The van der Waals surface area contributed by atoms with Crippen LogP contribution in [-0.4, -0.2) is 48.6 Å². The average molecular weight is 358 g/mol. The molecule has 138 valence electrons. The summed E-state index contributed by atoms with van der Waals surface area (Å²) in [5.41, 5.74) is 0.363. The molecule has 1 N–H and O–H groups in total. The maximum Gasteiger partial charge on any atom is 1.00 e. The largest absolute Gasteiger partial charge is 1.00 e. The molecular formula is C18H24FLiN2O4. The Morgan fingerprint density at radius 2 is 2.08 bits per heavy atom. The molecule has 0 aromatic heterocycles. The molecule has 1 atom stereocenters. The number of amides is 1. The SMILES string of the molecule is CC(C)CC(C(=O)O)N1CC(Oc2cccc(N(C)C)c2F)=CC1=O.[H-].[Li+]. The second-order valence-corrected chi connectivity index (χ2v) is 6.65. The number of hydrogen-bond acceptors (Lipinski definition) is 4. The fraction of sp³-hybridized carbons (Fsp3) is 0.444. The van der Waals surface area contributed by atoms with Crippen molar-refractivity contribution in [1.29, 1.82) is 0 Å². The first-order valence-corrected chi connectivity index (χ1v) is 8.08. The van der Waals surface area contributed by atoms with E-state index in [0.29, 0.717) is 12.1 Å². The molecule has 0 radical (unpaired) electrons. The summed E-state index contributed by atoms with van der Waals surface area (Å²) < 4.78 is 20.0. The number of carboxylic acids is 1. The molecule has 0 fully saturated rings. The third-order valence-electron chi connectivity index (χ3n) is 3.92. The van der Waals surface area contributed by atoms with Gasteiger partial charge in [0.2, 0.25) is 0 Å². The predicted molar refractivity (Wildman–Crippen MR) is 93.1 cm³/mol. The number of ether oxygens (including phenoxy) is 1. The number of rotatable bonds is 7. The summed E-state index contributed by atoms with van der Waals surface area (Å²) in [5.74, 6) is -1.67. The van der Waals surface area contributed by atoms with Crippen LogP contribution in [0.3, 0.4) is 0 Å². The van der Waals surface area contributed by atoms with Gasteiger partial charge in [-0.1, -0.05) is 19.9 Å². The van der Waals surface area contributed by atoms with Crippen LogP contribution in [0.5, 0.6) is 5.75 Å². The van der Waals surface area contributed by atoms with Crippen molar-refractivity contribution in [3.8, 4) is 5.75 Å². The third kappa shape index (κ3) is 5.02. The van der Waals surface area contributed by atoms with Gasteiger partial charge in [0, 0.05) is 20.2 Å². The fourth-order valence-electron chi connectivity index (χ4n) is 2.71. The van der Waals surface area contributed by atoms with E-state index in [9.17, 15) is 19.1 Å². The van der Waals surface area contributed by atoms with Gasteiger partial charge in [-0.15, -0.1) is 0 Å². The van der Waals surface area contributed by atoms with Crippen LogP contribution in [-0.2, 0) is 9.59 Å². The van der Waals surface area contributed by atoms with E-state index in [-0.39, 0.29) is 44.3 Å². The summed E-state index contributed by atoms with van der Waals surface area (Å²) in [5, 5.41) is 9.39. The van der Waals surface area contributed by atoms with Crippen molar-refractivity contribution < 1.29 is 44.1 Å². The zero-order chi connectivity index (χ0) is 18.7. The van der Waals surface area contributed by atoms with Crippen molar-refractivity contribution in [2.75, 3.05) is 25.5 Å². The molecule has 8 heteroatoms. The fourth-order valence-corrected chi connectivity index (χ4v) is 2.71. The second-order valence-electron chi connectivity index (χ2n) is 6.65. The molecule has 1 aromatic carbocycles. The van der Waals surface area contributed by atoms with Gasteiger partial charge in [0.25, 0.3) is 5.91 Å². The molecule has 1 aromatic rings. The summed E-state index contributed by atoms with van der Waals surface area (Å²) in [4.78, 5) is 26.5. The first-order chi connectivity index (χ1) is 11.7. The number of halogens is 1. The number of nitrogens with zero attached hydrogens (tertiary/aromatic N) is 2. The van der Waals surface area contributed by atoms with E-state index < -0.39 is 23.7 Å². The number of carboxylic acid groups (broad SMARTS) is 1. The number of carbonyl (C=O) groups is 2. The molecule has 1 heterocycles. The van der Waals surface area contributed by atoms with Gasteiger partial charge in [0.1, 0.15) is 11.8 Å². The quantitative estimate of drug-likeness (QED) is 0.673. The summed E-state index contributed by atoms with van der Waals surface area (Å²) in [7, 11) is 3.43. The standard InChI is InChI=1S/C18H23FN2O4.Li.H/c1-11(2)8-14(18(23)24)21-10-12(9-16(21)22)25-15-7-5-6-13(17(15)19)20(3)4;;/h5-7,9,11,14H,8,10H2,1-4H3,(H,23,24);;/q;+1;-1. The topological polar surface area (TPSA) is 70.1 Å². The molecule has 0 aliphatic carbocycles. The van der Waals surface area contributed by atoms with Crippen molar-refractivity contribution in [3.05, 3.63) is 35.9 Å². The summed E-state index contributed by atoms with van der Waals surface area (Å²) >= 11 is 0. The van der Waals surface area contributed by atoms with E-state index in [1.807, 2.05) is 13.8 Å². The van der Waals surface area contributed by atoms with Crippen molar-refractivity contribution in [3.63, 3.8) is 0 Å². The number of anilines is 1. The smallest absolute Gasteiger partial charge is 1.00 e. The van der Waals surface area contributed by atoms with Crippen molar-refractivity contribution in [2.24, 2.45) is 5.92 Å². The van der Waals surface area contributed by atoms with Crippen LogP contribution in [0.4, 0.5) is 10.1 Å². The Labute approximate surface area is 166 Å². The first-order valence-electron chi connectivity index (χ1n) is 8.08. The zero-order valence-corrected chi connectivity index (χ0v) is 15.8. The molecule has 1 amide bonds. The first kappa shape index (κ1) is 22.1. The van der Waals surface area contributed by atoms with Crippen molar-refractivity contribution in [2.45, 2.75) is 26.3 Å². The van der Waals surface area contributed by atoms with Gasteiger partial charge in [0.05, 0.1) is 12.2 Å². The Bertz CT molecular complexity index is 713. The Morgan fingerprint density at radius 3 is 2.62 bits per heavy atom. The minimum Gasteiger partial charge on any atom is -1.00 e. The number of hydrogen-bond donors (Lipinski definition) is 1. The van der Waals surface area contributed by atoms with E-state index in [2.05, 4.69) is 0 Å². The van der Waals surface area contributed by atoms with Gasteiger partial charge >= 0.3 is 24.8 Å². The molecule has 0 saturated heterocycles. The van der Waals surface area contributed by atoms with Gasteiger partial charge in [-0.05, 0) is 24.5 Å². The van der Waals surface area contributed by atoms with Gasteiger partial charge in [-0.2, -0.15) is 0 Å². The van der Waals surface area contributed by atoms with Crippen LogP contribution in [0.15, 0.2) is 30.0 Å². The van der Waals surface area contributed by atoms with Gasteiger partial charge in [0.15, 0.2) is 11.6 Å². The summed E-state index contributed by atoms with van der Waals surface area (Å²) in [6.45, 7) is 3.79. The molecule has 0 bridgehead atoms. The Kier molecular flexibility index (Phi) is 7.73. The van der Waals surface area contributed by atoms with E-state index in [0.717, 1.165) is 0 Å². The minimum atomic E-state index is -1.06. The van der Waals surface area contributed by atoms with Crippen LogP contribution in [0.25, 0.3) is 0 Å². The molecule has 26 heavy (non-hydrogen) atoms. The Morgan fingerprint density at radius 1 is 1.42 bits per heavy atom. The number of benzene rings is 1. The van der Waals surface area contributed by atoms with Crippen LogP contribution < -0.4 is 28.5 Å². The monoisotopic (exact) mass is 358 g/mol. The maximum atomic E-state index is 14.4. The van der Waals surface area contributed by atoms with E-state index in [1.54, 1.807) is 31.1 Å². The number of aliphatic carboxylic acids is 1. The number of carbonyl (C=O) groups excluding carboxylic acids is 1. The molecule has 1 aliphatic heterocycles. The van der Waals surface area contributed by atoms with Crippen molar-refractivity contribution in [1.82, 2.24) is 4.90 Å². The predicted octanol–water partition coefficient (Wildman–Crippen LogP) is -0.388. The van der Waals surface area contributed by atoms with Crippen LogP contribution in [0.2, 0.25) is 0 Å². The summed E-state index contributed by atoms with van der Waals surface area (Å²) in [6.07, 6.45) is 1.56. The van der Waals surface area contributed by atoms with Crippen molar-refractivity contribution >= 4 is 17.6 Å². The molecule has 1 unspecified atom stereocenters. The van der Waals surface area contributed by atoms with Crippen LogP contribution >= 0.6 is 0 Å². The van der Waals surface area contributed by atoms with Gasteiger partial charge in [-0.25, -0.2) is 9.18 Å². The molecular weight excluding hydrogens is 334 g/mol. The molecule has 1 aliphatic rings. The van der Waals surface area contributed by atoms with Crippen LogP contribution in [0, 0.1) is 11.7 Å². The second kappa shape index (κ2) is 9.11. The van der Waals surface area contributed by atoms with E-state index >= 15 is 0 Å². The zero-order valence-electron chi connectivity index (χ0n) is 16.8. The summed E-state index contributed by atoms with van der Waals surface area (Å²) in [6, 6.07) is 3.81. The third-order valence-corrected chi connectivity index (χ3v) is 3.92. The van der Waals surface area contributed by atoms with E-state index in [4.69, 9.17) is 4.74 Å². The Balaban J connectivity index is 0.00000338. The molecule has 2 rings (SSSR count). The normalized spacial score (nSPS) is 14.8. The molecule has 6 nitrogen and oxygen atoms in total. The average Bonchev–Trinajstić information content (AvgIpc) is 2.86. The molecule has 0 spiro atoms. The van der Waals surface area contributed by atoms with E-state index in [1.165, 1.54) is 17.0 Å².